The number of nitrogens with zero attached hydrogens (tertiary/aromatic N) is 1. The number of para-hydroxylation sites is 1. The molecule has 0 bridgehead atoms. The second kappa shape index (κ2) is 7.50. The third kappa shape index (κ3) is 4.12. The summed E-state index contributed by atoms with van der Waals surface area (Å²) in [5.74, 6) is 0. The average molecular weight is 296 g/mol. The molecule has 1 fully saturated rings. The lowest BCUT2D eigenvalue weighted by atomic mass is 10.2. The van der Waals surface area contributed by atoms with E-state index in [-0.39, 0.29) is 6.03 Å². The van der Waals surface area contributed by atoms with Crippen LogP contribution in [-0.2, 0) is 0 Å². The first-order valence-corrected chi connectivity index (χ1v) is 7.62. The van der Waals surface area contributed by atoms with Crippen molar-refractivity contribution < 1.29 is 4.79 Å². The van der Waals surface area contributed by atoms with E-state index >= 15 is 0 Å². The van der Waals surface area contributed by atoms with Crippen LogP contribution in [-0.4, -0.2) is 36.6 Å². The van der Waals surface area contributed by atoms with E-state index in [9.17, 15) is 4.79 Å². The molecular formula is C15H22ClN3O. The summed E-state index contributed by atoms with van der Waals surface area (Å²) >= 11 is 6.07. The number of carbonyl (C=O) groups is 1. The van der Waals surface area contributed by atoms with Crippen molar-refractivity contribution in [2.24, 2.45) is 0 Å². The summed E-state index contributed by atoms with van der Waals surface area (Å²) in [4.78, 5) is 14.2. The summed E-state index contributed by atoms with van der Waals surface area (Å²) in [6.45, 7) is 4.65. The normalized spacial score (nSPS) is 18.0. The van der Waals surface area contributed by atoms with Gasteiger partial charge < -0.3 is 15.5 Å². The molecule has 0 aliphatic carbocycles. The van der Waals surface area contributed by atoms with Crippen molar-refractivity contribution >= 4 is 23.3 Å². The largest absolute Gasteiger partial charge is 0.323 e. The van der Waals surface area contributed by atoms with Gasteiger partial charge in [0.2, 0.25) is 0 Å². The van der Waals surface area contributed by atoms with Gasteiger partial charge in [-0.2, -0.15) is 0 Å². The number of urea groups is 1. The van der Waals surface area contributed by atoms with Crippen LogP contribution in [0.2, 0.25) is 5.02 Å². The van der Waals surface area contributed by atoms with Crippen molar-refractivity contribution in [1.82, 2.24) is 10.2 Å². The van der Waals surface area contributed by atoms with Gasteiger partial charge in [-0.05, 0) is 37.9 Å². The number of hydrogen-bond acceptors (Lipinski definition) is 2. The second-order valence-electron chi connectivity index (χ2n) is 5.15. The van der Waals surface area contributed by atoms with Gasteiger partial charge in [0.15, 0.2) is 0 Å². The summed E-state index contributed by atoms with van der Waals surface area (Å²) in [6.07, 6.45) is 3.28. The lowest BCUT2D eigenvalue weighted by molar-refractivity contribution is 0.206. The van der Waals surface area contributed by atoms with E-state index in [1.165, 1.54) is 6.42 Å². The topological polar surface area (TPSA) is 44.4 Å². The van der Waals surface area contributed by atoms with E-state index < -0.39 is 0 Å². The smallest absolute Gasteiger partial charge is 0.321 e. The molecular weight excluding hydrogens is 274 g/mol. The zero-order valence-electron chi connectivity index (χ0n) is 11.9. The molecule has 110 valence electrons. The number of halogens is 1. The van der Waals surface area contributed by atoms with Crippen molar-refractivity contribution in [3.05, 3.63) is 29.3 Å². The third-order valence-corrected chi connectivity index (χ3v) is 3.83. The summed E-state index contributed by atoms with van der Waals surface area (Å²) in [7, 11) is 0. The van der Waals surface area contributed by atoms with Crippen LogP contribution in [0.15, 0.2) is 24.3 Å². The number of nitrogens with one attached hydrogen (secondary N) is 2. The fourth-order valence-electron chi connectivity index (χ4n) is 2.48. The molecule has 1 aliphatic heterocycles. The van der Waals surface area contributed by atoms with Gasteiger partial charge in [0.25, 0.3) is 0 Å². The zero-order chi connectivity index (χ0) is 14.4. The maximum Gasteiger partial charge on any atom is 0.321 e. The highest BCUT2D eigenvalue weighted by molar-refractivity contribution is 6.33. The molecule has 0 radical (unpaired) electrons. The maximum atomic E-state index is 12.4. The van der Waals surface area contributed by atoms with E-state index in [1.807, 2.05) is 23.1 Å². The fourth-order valence-corrected chi connectivity index (χ4v) is 2.66. The Bertz CT molecular complexity index is 446. The lowest BCUT2D eigenvalue weighted by Crippen LogP contribution is -2.43. The molecule has 1 aromatic rings. The molecule has 2 amide bonds. The van der Waals surface area contributed by atoms with Crippen molar-refractivity contribution in [1.29, 1.82) is 0 Å². The Hall–Kier alpha value is -1.26. The highest BCUT2D eigenvalue weighted by atomic mass is 35.5. The predicted molar refractivity (Wildman–Crippen MR) is 83.4 cm³/mol. The van der Waals surface area contributed by atoms with Crippen LogP contribution in [0.4, 0.5) is 10.5 Å². The van der Waals surface area contributed by atoms with Gasteiger partial charge in [0.1, 0.15) is 0 Å². The molecule has 1 saturated heterocycles. The van der Waals surface area contributed by atoms with E-state index in [4.69, 9.17) is 11.6 Å². The molecule has 1 aromatic carbocycles. The Labute approximate surface area is 125 Å². The number of carbonyl (C=O) groups excluding carboxylic acids is 1. The zero-order valence-corrected chi connectivity index (χ0v) is 12.6. The Morgan fingerprint density at radius 1 is 1.50 bits per heavy atom. The van der Waals surface area contributed by atoms with Gasteiger partial charge in [-0.3, -0.25) is 0 Å². The molecule has 20 heavy (non-hydrogen) atoms. The Kier molecular flexibility index (Phi) is 5.68. The quantitative estimate of drug-likeness (QED) is 0.875. The van der Waals surface area contributed by atoms with Crippen LogP contribution in [0.3, 0.4) is 0 Å². The summed E-state index contributed by atoms with van der Waals surface area (Å²) in [6, 6.07) is 7.65. The molecule has 0 saturated carbocycles. The van der Waals surface area contributed by atoms with Crippen molar-refractivity contribution in [2.75, 3.05) is 25.0 Å². The van der Waals surface area contributed by atoms with Crippen LogP contribution in [0.5, 0.6) is 0 Å². The van der Waals surface area contributed by atoms with Gasteiger partial charge in [-0.15, -0.1) is 0 Å². The first-order chi connectivity index (χ1) is 9.70. The molecule has 2 rings (SSSR count). The Morgan fingerprint density at radius 3 is 2.95 bits per heavy atom. The summed E-state index contributed by atoms with van der Waals surface area (Å²) in [5.41, 5.74) is 0.666. The number of rotatable bonds is 5. The molecule has 1 heterocycles. The van der Waals surface area contributed by atoms with Gasteiger partial charge in [-0.1, -0.05) is 30.7 Å². The molecule has 2 N–H and O–H groups in total. The van der Waals surface area contributed by atoms with E-state index in [0.29, 0.717) is 16.8 Å². The van der Waals surface area contributed by atoms with Gasteiger partial charge in [0.05, 0.1) is 10.7 Å². The number of anilines is 1. The average Bonchev–Trinajstić information content (AvgIpc) is 2.94. The van der Waals surface area contributed by atoms with E-state index in [0.717, 1.165) is 32.5 Å². The lowest BCUT2D eigenvalue weighted by Gasteiger charge is -2.26. The standard InChI is InChI=1S/C15H22ClN3O/c1-2-10-19(11-12-6-5-9-17-12)15(20)18-14-8-4-3-7-13(14)16/h3-4,7-8,12,17H,2,5-6,9-11H2,1H3,(H,18,20). The molecule has 0 aromatic heterocycles. The van der Waals surface area contributed by atoms with Crippen LogP contribution >= 0.6 is 11.6 Å². The van der Waals surface area contributed by atoms with E-state index in [1.54, 1.807) is 6.07 Å². The molecule has 5 heteroatoms. The van der Waals surface area contributed by atoms with Crippen LogP contribution < -0.4 is 10.6 Å². The fraction of sp³-hybridized carbons (Fsp3) is 0.533. The molecule has 0 spiro atoms. The molecule has 4 nitrogen and oxygen atoms in total. The van der Waals surface area contributed by atoms with Crippen molar-refractivity contribution in [3.8, 4) is 0 Å². The van der Waals surface area contributed by atoms with Crippen LogP contribution in [0.25, 0.3) is 0 Å². The van der Waals surface area contributed by atoms with Gasteiger partial charge in [-0.25, -0.2) is 4.79 Å². The van der Waals surface area contributed by atoms with Crippen LogP contribution in [0, 0.1) is 0 Å². The Balaban J connectivity index is 1.97. The van der Waals surface area contributed by atoms with Crippen molar-refractivity contribution in [2.45, 2.75) is 32.2 Å². The number of amides is 2. The monoisotopic (exact) mass is 295 g/mol. The molecule has 1 unspecified atom stereocenters. The predicted octanol–water partition coefficient (Wildman–Crippen LogP) is 3.34. The third-order valence-electron chi connectivity index (χ3n) is 3.50. The Morgan fingerprint density at radius 2 is 2.30 bits per heavy atom. The van der Waals surface area contributed by atoms with Crippen molar-refractivity contribution in [3.63, 3.8) is 0 Å². The minimum Gasteiger partial charge on any atom is -0.323 e. The first-order valence-electron chi connectivity index (χ1n) is 7.24. The van der Waals surface area contributed by atoms with E-state index in [2.05, 4.69) is 17.6 Å². The number of benzene rings is 1. The molecule has 1 aliphatic rings. The highest BCUT2D eigenvalue weighted by Crippen LogP contribution is 2.21. The highest BCUT2D eigenvalue weighted by Gasteiger charge is 2.21. The maximum absolute atomic E-state index is 12.4. The van der Waals surface area contributed by atoms with Gasteiger partial charge >= 0.3 is 6.03 Å². The summed E-state index contributed by atoms with van der Waals surface area (Å²) in [5, 5.41) is 6.89. The van der Waals surface area contributed by atoms with Crippen LogP contribution in [0.1, 0.15) is 26.2 Å². The second-order valence-corrected chi connectivity index (χ2v) is 5.56. The van der Waals surface area contributed by atoms with Gasteiger partial charge in [0, 0.05) is 19.1 Å². The summed E-state index contributed by atoms with van der Waals surface area (Å²) < 4.78 is 0. The minimum atomic E-state index is -0.0753. The molecule has 1 atom stereocenters. The first kappa shape index (κ1) is 15.1. The SMILES string of the molecule is CCCN(CC1CCCN1)C(=O)Nc1ccccc1Cl. The number of hydrogen-bond donors (Lipinski definition) is 2. The minimum absolute atomic E-state index is 0.0753.